The van der Waals surface area contributed by atoms with Gasteiger partial charge in [-0.1, -0.05) is 6.92 Å². The molecule has 0 aliphatic carbocycles. The lowest BCUT2D eigenvalue weighted by molar-refractivity contribution is 0.254. The van der Waals surface area contributed by atoms with E-state index < -0.39 is 16.1 Å². The second-order valence-electron chi connectivity index (χ2n) is 4.77. The van der Waals surface area contributed by atoms with Crippen LogP contribution in [0, 0.1) is 20.8 Å². The summed E-state index contributed by atoms with van der Waals surface area (Å²) in [6.07, 6.45) is 0.523. The van der Waals surface area contributed by atoms with Crippen molar-refractivity contribution in [2.45, 2.75) is 45.1 Å². The first-order valence-corrected chi connectivity index (χ1v) is 7.72. The first-order valence-electron chi connectivity index (χ1n) is 6.24. The number of hydrogen-bond donors (Lipinski definition) is 3. The van der Waals surface area contributed by atoms with E-state index in [-0.39, 0.29) is 11.5 Å². The summed E-state index contributed by atoms with van der Waals surface area (Å²) in [5, 5.41) is 9.13. The van der Waals surface area contributed by atoms with Crippen LogP contribution in [0.5, 0.6) is 0 Å². The van der Waals surface area contributed by atoms with Crippen LogP contribution in [-0.2, 0) is 10.0 Å². The molecule has 108 valence electrons. The zero-order valence-electron chi connectivity index (χ0n) is 11.8. The number of benzene rings is 1. The minimum Gasteiger partial charge on any atom is -0.398 e. The van der Waals surface area contributed by atoms with Gasteiger partial charge in [0.15, 0.2) is 0 Å². The molecule has 0 aliphatic rings. The molecule has 0 heterocycles. The fourth-order valence-electron chi connectivity index (χ4n) is 1.97. The lowest BCUT2D eigenvalue weighted by Crippen LogP contribution is -2.37. The van der Waals surface area contributed by atoms with Crippen LogP contribution in [0.1, 0.15) is 30.0 Å². The Morgan fingerprint density at radius 2 is 1.89 bits per heavy atom. The van der Waals surface area contributed by atoms with Crippen LogP contribution in [0.3, 0.4) is 0 Å². The van der Waals surface area contributed by atoms with Crippen LogP contribution < -0.4 is 10.5 Å². The van der Waals surface area contributed by atoms with E-state index in [1.54, 1.807) is 19.9 Å². The largest absolute Gasteiger partial charge is 0.398 e. The van der Waals surface area contributed by atoms with Gasteiger partial charge in [-0.15, -0.1) is 0 Å². The molecule has 0 spiro atoms. The van der Waals surface area contributed by atoms with E-state index in [1.165, 1.54) is 0 Å². The first-order chi connectivity index (χ1) is 8.74. The Bertz CT molecular complexity index is 537. The molecule has 0 aliphatic heterocycles. The Labute approximate surface area is 114 Å². The van der Waals surface area contributed by atoms with Crippen molar-refractivity contribution >= 4 is 15.7 Å². The topological polar surface area (TPSA) is 92.4 Å². The number of aryl methyl sites for hydroxylation is 1. The number of anilines is 1. The number of aliphatic hydroxyl groups is 1. The van der Waals surface area contributed by atoms with Crippen LogP contribution in [0.4, 0.5) is 5.69 Å². The third-order valence-corrected chi connectivity index (χ3v) is 5.17. The van der Waals surface area contributed by atoms with E-state index >= 15 is 0 Å². The van der Waals surface area contributed by atoms with Crippen molar-refractivity contribution in [1.82, 2.24) is 4.72 Å². The van der Waals surface area contributed by atoms with Gasteiger partial charge in [-0.05, 0) is 49.9 Å². The molecular weight excluding hydrogens is 264 g/mol. The zero-order valence-corrected chi connectivity index (χ0v) is 12.6. The first kappa shape index (κ1) is 15.9. The van der Waals surface area contributed by atoms with Gasteiger partial charge in [-0.25, -0.2) is 13.1 Å². The minimum absolute atomic E-state index is 0.219. The lowest BCUT2D eigenvalue weighted by atomic mass is 10.1. The summed E-state index contributed by atoms with van der Waals surface area (Å²) in [4.78, 5) is 0.219. The molecule has 0 saturated heterocycles. The van der Waals surface area contributed by atoms with Crippen molar-refractivity contribution in [1.29, 1.82) is 0 Å². The minimum atomic E-state index is -3.68. The van der Waals surface area contributed by atoms with Crippen LogP contribution >= 0.6 is 0 Å². The molecule has 1 aromatic rings. The second-order valence-corrected chi connectivity index (χ2v) is 6.42. The average Bonchev–Trinajstić information content (AvgIpc) is 2.33. The molecule has 0 radical (unpaired) electrons. The molecule has 0 bridgehead atoms. The molecule has 1 aromatic carbocycles. The van der Waals surface area contributed by atoms with Crippen LogP contribution in [-0.4, -0.2) is 26.2 Å². The van der Waals surface area contributed by atoms with Crippen LogP contribution in [0.2, 0.25) is 0 Å². The Balaban J connectivity index is 3.37. The van der Waals surface area contributed by atoms with Crippen LogP contribution in [0.25, 0.3) is 0 Å². The summed E-state index contributed by atoms with van der Waals surface area (Å²) >= 11 is 0. The van der Waals surface area contributed by atoms with Gasteiger partial charge in [-0.3, -0.25) is 0 Å². The number of nitrogens with one attached hydrogen (secondary N) is 1. The maximum atomic E-state index is 12.4. The molecular formula is C13H22N2O3S. The zero-order chi connectivity index (χ0) is 14.8. The molecule has 0 fully saturated rings. The molecule has 6 heteroatoms. The van der Waals surface area contributed by atoms with Gasteiger partial charge in [0.05, 0.1) is 11.5 Å². The quantitative estimate of drug-likeness (QED) is 0.710. The molecule has 0 unspecified atom stereocenters. The van der Waals surface area contributed by atoms with E-state index in [9.17, 15) is 8.42 Å². The number of nitrogens with two attached hydrogens (primary N) is 1. The Kier molecular flexibility index (Phi) is 4.95. The predicted molar refractivity (Wildman–Crippen MR) is 76.6 cm³/mol. The molecule has 5 nitrogen and oxygen atoms in total. The maximum Gasteiger partial charge on any atom is 0.241 e. The van der Waals surface area contributed by atoms with Gasteiger partial charge in [0.25, 0.3) is 0 Å². The van der Waals surface area contributed by atoms with Crippen molar-refractivity contribution in [3.8, 4) is 0 Å². The van der Waals surface area contributed by atoms with Gasteiger partial charge < -0.3 is 10.8 Å². The van der Waals surface area contributed by atoms with Crippen LogP contribution in [0.15, 0.2) is 11.0 Å². The average molecular weight is 286 g/mol. The van der Waals surface area contributed by atoms with Crippen molar-refractivity contribution < 1.29 is 13.5 Å². The summed E-state index contributed by atoms with van der Waals surface area (Å²) in [5.74, 6) is 0. The summed E-state index contributed by atoms with van der Waals surface area (Å²) < 4.78 is 27.4. The number of nitrogen functional groups attached to an aromatic ring is 1. The Morgan fingerprint density at radius 1 is 1.32 bits per heavy atom. The molecule has 0 amide bonds. The van der Waals surface area contributed by atoms with Crippen molar-refractivity contribution in [2.24, 2.45) is 0 Å². The van der Waals surface area contributed by atoms with Gasteiger partial charge in [0.2, 0.25) is 10.0 Å². The van der Waals surface area contributed by atoms with Crippen molar-refractivity contribution in [2.75, 3.05) is 12.3 Å². The summed E-state index contributed by atoms with van der Waals surface area (Å²) in [7, 11) is -3.68. The number of rotatable bonds is 5. The number of sulfonamides is 1. The molecule has 0 saturated carbocycles. The van der Waals surface area contributed by atoms with Gasteiger partial charge in [0.1, 0.15) is 0 Å². The molecule has 0 aromatic heterocycles. The molecule has 19 heavy (non-hydrogen) atoms. The van der Waals surface area contributed by atoms with E-state index in [4.69, 9.17) is 10.8 Å². The maximum absolute atomic E-state index is 12.4. The summed E-state index contributed by atoms with van der Waals surface area (Å²) in [5.41, 5.74) is 8.37. The number of aliphatic hydroxyl groups excluding tert-OH is 1. The highest BCUT2D eigenvalue weighted by molar-refractivity contribution is 7.89. The Hall–Kier alpha value is -1.11. The fraction of sp³-hybridized carbons (Fsp3) is 0.538. The molecule has 4 N–H and O–H groups in total. The highest BCUT2D eigenvalue weighted by Gasteiger charge is 2.24. The Morgan fingerprint density at radius 3 is 2.37 bits per heavy atom. The lowest BCUT2D eigenvalue weighted by Gasteiger charge is -2.19. The van der Waals surface area contributed by atoms with Crippen molar-refractivity contribution in [3.63, 3.8) is 0 Å². The van der Waals surface area contributed by atoms with E-state index in [0.29, 0.717) is 23.2 Å². The summed E-state index contributed by atoms with van der Waals surface area (Å²) in [6, 6.07) is 1.29. The van der Waals surface area contributed by atoms with E-state index in [2.05, 4.69) is 4.72 Å². The normalized spacial score (nSPS) is 13.5. The monoisotopic (exact) mass is 286 g/mol. The van der Waals surface area contributed by atoms with E-state index in [1.807, 2.05) is 13.8 Å². The molecule has 1 rings (SSSR count). The highest BCUT2D eigenvalue weighted by Crippen LogP contribution is 2.27. The summed E-state index contributed by atoms with van der Waals surface area (Å²) in [6.45, 7) is 6.86. The van der Waals surface area contributed by atoms with Gasteiger partial charge in [-0.2, -0.15) is 0 Å². The standard InChI is InChI=1S/C13H22N2O3S/c1-5-11(7-16)15-19(17,18)13-9(3)8(2)6-12(14)10(13)4/h6,11,15-16H,5,7,14H2,1-4H3/t11-/m1/s1. The van der Waals surface area contributed by atoms with E-state index in [0.717, 1.165) is 5.56 Å². The second kappa shape index (κ2) is 5.90. The molecule has 1 atom stereocenters. The highest BCUT2D eigenvalue weighted by atomic mass is 32.2. The number of hydrogen-bond acceptors (Lipinski definition) is 4. The fourth-order valence-corrected chi connectivity index (χ4v) is 3.86. The van der Waals surface area contributed by atoms with Crippen molar-refractivity contribution in [3.05, 3.63) is 22.8 Å². The predicted octanol–water partition coefficient (Wildman–Crippen LogP) is 1.24. The smallest absolute Gasteiger partial charge is 0.241 e. The third kappa shape index (κ3) is 3.26. The third-order valence-electron chi connectivity index (χ3n) is 3.38. The van der Waals surface area contributed by atoms with Gasteiger partial charge in [0, 0.05) is 11.7 Å². The van der Waals surface area contributed by atoms with Gasteiger partial charge >= 0.3 is 0 Å². The SMILES string of the molecule is CC[C@H](CO)NS(=O)(=O)c1c(C)c(C)cc(N)c1C.